The Kier molecular flexibility index (Phi) is 11.3. The Hall–Kier alpha value is -1.66. The van der Waals surface area contributed by atoms with E-state index in [1.807, 2.05) is 32.1 Å². The lowest BCUT2D eigenvalue weighted by Crippen LogP contribution is -2.34. The van der Waals surface area contributed by atoms with Gasteiger partial charge in [0.15, 0.2) is 0 Å². The lowest BCUT2D eigenvalue weighted by Gasteiger charge is -2.28. The fourth-order valence-corrected chi connectivity index (χ4v) is 6.05. The van der Waals surface area contributed by atoms with E-state index in [9.17, 15) is 24.9 Å². The second-order valence-corrected chi connectivity index (χ2v) is 11.2. The van der Waals surface area contributed by atoms with Crippen LogP contribution in [-0.2, 0) is 14.3 Å². The number of esters is 1. The van der Waals surface area contributed by atoms with Gasteiger partial charge in [-0.15, -0.1) is 0 Å². The first-order valence-electron chi connectivity index (χ1n) is 13.1. The summed E-state index contributed by atoms with van der Waals surface area (Å²) in [5, 5.41) is 31.1. The summed E-state index contributed by atoms with van der Waals surface area (Å²) in [6.45, 7) is 10.4. The van der Waals surface area contributed by atoms with Crippen LogP contribution in [0, 0.1) is 35.5 Å². The molecule has 2 rings (SSSR count). The summed E-state index contributed by atoms with van der Waals surface area (Å²) in [7, 11) is 0. The smallest absolute Gasteiger partial charge is 0.308 e. The van der Waals surface area contributed by atoms with Crippen LogP contribution >= 0.6 is 0 Å². The Labute approximate surface area is 205 Å². The molecule has 6 heteroatoms. The zero-order chi connectivity index (χ0) is 25.4. The average Bonchev–Trinajstić information content (AvgIpc) is 3.24. The highest BCUT2D eigenvalue weighted by atomic mass is 16.5. The van der Waals surface area contributed by atoms with Gasteiger partial charge in [0.2, 0.25) is 0 Å². The third-order valence-corrected chi connectivity index (χ3v) is 7.90. The molecule has 34 heavy (non-hydrogen) atoms. The minimum Gasteiger partial charge on any atom is -0.481 e. The topological polar surface area (TPSA) is 104 Å². The highest BCUT2D eigenvalue weighted by Gasteiger charge is 2.39. The molecule has 1 fully saturated rings. The molecular formula is C28H46O6. The molecule has 0 aromatic rings. The predicted molar refractivity (Wildman–Crippen MR) is 133 cm³/mol. The molecule has 6 nitrogen and oxygen atoms in total. The molecular weight excluding hydrogens is 432 g/mol. The van der Waals surface area contributed by atoms with E-state index in [-0.39, 0.29) is 24.2 Å². The standard InChI is InChI=1S/C28H46O6/c1-17-13-18(2)15-21(5)27(31)19(3)9-6-7-12-25(22-10-8-11-23(22)28(32)33)34-26(30)16-24(29)20(4)14-17/h6-7,9,17-18,20-25,27,29,31H,8,10-16H2,1-5H3,(H,32,33)/b7-6+,19-9-/t17-,18+,20-,21-,22+,23+,24-,25-,27-/m0/s1. The normalized spacial score (nSPS) is 42.0. The molecule has 3 N–H and O–H groups in total. The number of carboxylic acids is 1. The first kappa shape index (κ1) is 28.6. The van der Waals surface area contributed by atoms with Crippen molar-refractivity contribution in [2.45, 2.75) is 104 Å². The fourth-order valence-electron chi connectivity index (χ4n) is 6.05. The van der Waals surface area contributed by atoms with Crippen LogP contribution in [0.5, 0.6) is 0 Å². The monoisotopic (exact) mass is 478 g/mol. The summed E-state index contributed by atoms with van der Waals surface area (Å²) in [4.78, 5) is 24.5. The number of carbonyl (C=O) groups is 2. The number of aliphatic hydroxyl groups excluding tert-OH is 2. The number of carbonyl (C=O) groups excluding carboxylic acids is 1. The SMILES string of the molecule is C/C1=C/C=C/C[C@@H]([C@@H]2CCC[C@H]2C(=O)O)OC(=O)C[C@H](O)[C@@H](C)C[C@@H](C)C[C@@H](C)C[C@H](C)[C@H]1O. The maximum Gasteiger partial charge on any atom is 0.308 e. The van der Waals surface area contributed by atoms with E-state index >= 15 is 0 Å². The molecule has 0 aromatic heterocycles. The molecule has 0 aromatic carbocycles. The average molecular weight is 479 g/mol. The highest BCUT2D eigenvalue weighted by molar-refractivity contribution is 5.72. The number of ether oxygens (including phenoxy) is 1. The van der Waals surface area contributed by atoms with Crippen LogP contribution in [0.2, 0.25) is 0 Å². The third kappa shape index (κ3) is 8.53. The van der Waals surface area contributed by atoms with Crippen molar-refractivity contribution in [2.75, 3.05) is 0 Å². The molecule has 1 aliphatic carbocycles. The minimum atomic E-state index is -0.841. The van der Waals surface area contributed by atoms with Crippen LogP contribution in [0.1, 0.15) is 86.0 Å². The highest BCUT2D eigenvalue weighted by Crippen LogP contribution is 2.37. The van der Waals surface area contributed by atoms with Crippen LogP contribution in [0.25, 0.3) is 0 Å². The van der Waals surface area contributed by atoms with Crippen LogP contribution < -0.4 is 0 Å². The lowest BCUT2D eigenvalue weighted by molar-refractivity contribution is -0.159. The van der Waals surface area contributed by atoms with Crippen molar-refractivity contribution in [1.82, 2.24) is 0 Å². The van der Waals surface area contributed by atoms with Gasteiger partial charge < -0.3 is 20.1 Å². The van der Waals surface area contributed by atoms with Crippen molar-refractivity contribution in [1.29, 1.82) is 0 Å². The molecule has 194 valence electrons. The van der Waals surface area contributed by atoms with E-state index in [2.05, 4.69) is 20.8 Å². The van der Waals surface area contributed by atoms with E-state index in [0.717, 1.165) is 31.3 Å². The summed E-state index contributed by atoms with van der Waals surface area (Å²) >= 11 is 0. The van der Waals surface area contributed by atoms with Crippen molar-refractivity contribution < 1.29 is 29.6 Å². The summed E-state index contributed by atoms with van der Waals surface area (Å²) in [5.74, 6) is -1.12. The number of carboxylic acid groups (broad SMARTS) is 1. The van der Waals surface area contributed by atoms with Crippen molar-refractivity contribution in [3.63, 3.8) is 0 Å². The quantitative estimate of drug-likeness (QED) is 0.475. The molecule has 1 aliphatic heterocycles. The number of cyclic esters (lactones) is 1. The zero-order valence-electron chi connectivity index (χ0n) is 21.7. The number of aliphatic hydroxyl groups is 2. The van der Waals surface area contributed by atoms with Crippen LogP contribution in [0.4, 0.5) is 0 Å². The van der Waals surface area contributed by atoms with Crippen molar-refractivity contribution in [3.05, 3.63) is 23.8 Å². The van der Waals surface area contributed by atoms with Gasteiger partial charge in [-0.3, -0.25) is 9.59 Å². The van der Waals surface area contributed by atoms with Crippen LogP contribution in [-0.4, -0.2) is 45.6 Å². The van der Waals surface area contributed by atoms with Gasteiger partial charge in [0, 0.05) is 12.3 Å². The van der Waals surface area contributed by atoms with Gasteiger partial charge in [-0.25, -0.2) is 0 Å². The van der Waals surface area contributed by atoms with Gasteiger partial charge in [-0.05, 0) is 68.3 Å². The number of aliphatic carboxylic acids is 1. The molecule has 0 unspecified atom stereocenters. The Balaban J connectivity index is 2.25. The van der Waals surface area contributed by atoms with E-state index in [4.69, 9.17) is 4.74 Å². The Bertz CT molecular complexity index is 728. The Morgan fingerprint density at radius 3 is 2.29 bits per heavy atom. The first-order chi connectivity index (χ1) is 16.0. The number of hydrogen-bond acceptors (Lipinski definition) is 5. The number of hydrogen-bond donors (Lipinski definition) is 3. The Morgan fingerprint density at radius 1 is 1.00 bits per heavy atom. The van der Waals surface area contributed by atoms with Crippen LogP contribution in [0.3, 0.4) is 0 Å². The molecule has 1 saturated carbocycles. The fraction of sp³-hybridized carbons (Fsp3) is 0.786. The van der Waals surface area contributed by atoms with Gasteiger partial charge in [0.05, 0.1) is 24.5 Å². The lowest BCUT2D eigenvalue weighted by atomic mass is 9.82. The third-order valence-electron chi connectivity index (χ3n) is 7.90. The summed E-state index contributed by atoms with van der Waals surface area (Å²) in [5.41, 5.74) is 0.889. The first-order valence-corrected chi connectivity index (χ1v) is 13.1. The molecule has 0 saturated heterocycles. The Morgan fingerprint density at radius 2 is 1.65 bits per heavy atom. The van der Waals surface area contributed by atoms with Gasteiger partial charge in [0.1, 0.15) is 6.10 Å². The molecule has 2 aliphatic rings. The largest absolute Gasteiger partial charge is 0.481 e. The maximum absolute atomic E-state index is 12.7. The maximum atomic E-state index is 12.7. The summed E-state index contributed by atoms with van der Waals surface area (Å²) in [6, 6.07) is 0. The predicted octanol–water partition coefficient (Wildman–Crippen LogP) is 5.13. The molecule has 1 heterocycles. The van der Waals surface area contributed by atoms with E-state index < -0.39 is 36.2 Å². The summed E-state index contributed by atoms with van der Waals surface area (Å²) < 4.78 is 5.80. The number of allylic oxidation sites excluding steroid dienone is 2. The van der Waals surface area contributed by atoms with Gasteiger partial charge in [-0.1, -0.05) is 52.3 Å². The minimum absolute atomic E-state index is 0.0431. The molecule has 0 spiro atoms. The summed E-state index contributed by atoms with van der Waals surface area (Å²) in [6.07, 6.45) is 8.98. The van der Waals surface area contributed by atoms with Gasteiger partial charge >= 0.3 is 11.9 Å². The second-order valence-electron chi connectivity index (χ2n) is 11.2. The van der Waals surface area contributed by atoms with Crippen molar-refractivity contribution >= 4 is 11.9 Å². The van der Waals surface area contributed by atoms with Gasteiger partial charge in [-0.2, -0.15) is 0 Å². The number of rotatable bonds is 2. The second kappa shape index (κ2) is 13.4. The molecule has 9 atom stereocenters. The van der Waals surface area contributed by atoms with E-state index in [0.29, 0.717) is 31.1 Å². The molecule has 0 bridgehead atoms. The molecule has 0 amide bonds. The van der Waals surface area contributed by atoms with Gasteiger partial charge in [0.25, 0.3) is 0 Å². The van der Waals surface area contributed by atoms with E-state index in [1.54, 1.807) is 0 Å². The molecule has 0 radical (unpaired) electrons. The zero-order valence-corrected chi connectivity index (χ0v) is 21.7. The van der Waals surface area contributed by atoms with E-state index in [1.165, 1.54) is 0 Å². The van der Waals surface area contributed by atoms with Crippen molar-refractivity contribution in [3.8, 4) is 0 Å². The van der Waals surface area contributed by atoms with Crippen molar-refractivity contribution in [2.24, 2.45) is 35.5 Å². The van der Waals surface area contributed by atoms with Crippen LogP contribution in [0.15, 0.2) is 23.8 Å².